The van der Waals surface area contributed by atoms with Crippen molar-refractivity contribution in [1.82, 2.24) is 9.97 Å². The topological polar surface area (TPSA) is 42.9 Å². The normalized spacial score (nSPS) is 10.1. The van der Waals surface area contributed by atoms with Gasteiger partial charge in [0.1, 0.15) is 10.7 Å². The Morgan fingerprint density at radius 2 is 2.07 bits per heavy atom. The fourth-order valence-electron chi connectivity index (χ4n) is 0.991. The molecule has 0 aromatic carbocycles. The molecule has 2 aromatic rings. The van der Waals surface area contributed by atoms with E-state index in [4.69, 9.17) is 11.6 Å². The van der Waals surface area contributed by atoms with Gasteiger partial charge in [-0.25, -0.2) is 4.98 Å². The molecular formula is C9H5ClN2OS. The summed E-state index contributed by atoms with van der Waals surface area (Å²) in [6.45, 7) is 0. The van der Waals surface area contributed by atoms with Crippen LogP contribution in [-0.4, -0.2) is 15.2 Å². The van der Waals surface area contributed by atoms with E-state index < -0.39 is 5.24 Å². The molecule has 0 saturated heterocycles. The van der Waals surface area contributed by atoms with Gasteiger partial charge in [-0.15, -0.1) is 11.3 Å². The zero-order valence-corrected chi connectivity index (χ0v) is 8.55. The van der Waals surface area contributed by atoms with Crippen molar-refractivity contribution in [2.75, 3.05) is 0 Å². The van der Waals surface area contributed by atoms with Gasteiger partial charge in [0.15, 0.2) is 0 Å². The maximum atomic E-state index is 10.8. The lowest BCUT2D eigenvalue weighted by Crippen LogP contribution is -1.87. The number of rotatable bonds is 2. The minimum atomic E-state index is -0.526. The van der Waals surface area contributed by atoms with Gasteiger partial charge in [-0.3, -0.25) is 9.78 Å². The predicted octanol–water partition coefficient (Wildman–Crippen LogP) is 2.58. The van der Waals surface area contributed by atoms with Crippen molar-refractivity contribution < 1.29 is 4.79 Å². The number of pyridine rings is 1. The maximum Gasteiger partial charge on any atom is 0.271 e. The van der Waals surface area contributed by atoms with Gasteiger partial charge < -0.3 is 0 Å². The molecule has 70 valence electrons. The fraction of sp³-hybridized carbons (Fsp3) is 0. The highest BCUT2D eigenvalue weighted by Crippen LogP contribution is 2.23. The van der Waals surface area contributed by atoms with Gasteiger partial charge in [0.25, 0.3) is 5.24 Å². The number of hydrogen-bond acceptors (Lipinski definition) is 4. The zero-order valence-electron chi connectivity index (χ0n) is 6.98. The molecule has 0 bridgehead atoms. The van der Waals surface area contributed by atoms with Crippen LogP contribution in [0.15, 0.2) is 29.9 Å². The largest absolute Gasteiger partial charge is 0.274 e. The standard InChI is InChI=1S/C9H5ClN2OS/c10-8(13)7-5-14-9(12-7)6-1-3-11-4-2-6/h1-5H. The first-order chi connectivity index (χ1) is 6.77. The number of carbonyl (C=O) groups excluding carboxylic acids is 1. The summed E-state index contributed by atoms with van der Waals surface area (Å²) >= 11 is 6.68. The van der Waals surface area contributed by atoms with Crippen LogP contribution >= 0.6 is 22.9 Å². The number of carbonyl (C=O) groups is 1. The monoisotopic (exact) mass is 224 g/mol. The molecule has 0 fully saturated rings. The number of halogens is 1. The molecule has 0 radical (unpaired) electrons. The van der Waals surface area contributed by atoms with Gasteiger partial charge in [-0.1, -0.05) is 0 Å². The van der Waals surface area contributed by atoms with Crippen molar-refractivity contribution in [3.63, 3.8) is 0 Å². The third-order valence-electron chi connectivity index (χ3n) is 1.63. The average Bonchev–Trinajstić information content (AvgIpc) is 2.68. The Labute approximate surface area is 89.4 Å². The highest BCUT2D eigenvalue weighted by molar-refractivity contribution is 7.13. The summed E-state index contributed by atoms with van der Waals surface area (Å²) in [5.41, 5.74) is 1.23. The second-order valence-electron chi connectivity index (χ2n) is 2.55. The van der Waals surface area contributed by atoms with Gasteiger partial charge in [-0.05, 0) is 23.7 Å². The second-order valence-corrected chi connectivity index (χ2v) is 3.75. The molecule has 5 heteroatoms. The molecule has 0 atom stereocenters. The summed E-state index contributed by atoms with van der Waals surface area (Å²) < 4.78 is 0. The van der Waals surface area contributed by atoms with Crippen LogP contribution in [0.4, 0.5) is 0 Å². The van der Waals surface area contributed by atoms with Crippen LogP contribution in [0, 0.1) is 0 Å². The predicted molar refractivity (Wildman–Crippen MR) is 55.5 cm³/mol. The third kappa shape index (κ3) is 1.81. The SMILES string of the molecule is O=C(Cl)c1csc(-c2ccncc2)n1. The van der Waals surface area contributed by atoms with Crippen molar-refractivity contribution in [3.05, 3.63) is 35.6 Å². The molecule has 0 aliphatic heterocycles. The summed E-state index contributed by atoms with van der Waals surface area (Å²) in [6, 6.07) is 3.67. The molecule has 0 spiro atoms. The average molecular weight is 225 g/mol. The molecule has 0 amide bonds. The van der Waals surface area contributed by atoms with E-state index in [9.17, 15) is 4.79 Å². The minimum Gasteiger partial charge on any atom is -0.274 e. The molecule has 3 nitrogen and oxygen atoms in total. The minimum absolute atomic E-state index is 0.295. The van der Waals surface area contributed by atoms with Crippen LogP contribution in [0.3, 0.4) is 0 Å². The van der Waals surface area contributed by atoms with E-state index in [1.807, 2.05) is 12.1 Å². The van der Waals surface area contributed by atoms with Gasteiger partial charge >= 0.3 is 0 Å². The van der Waals surface area contributed by atoms with Crippen LogP contribution < -0.4 is 0 Å². The molecule has 0 unspecified atom stereocenters. The highest BCUT2D eigenvalue weighted by Gasteiger charge is 2.08. The molecule has 2 heterocycles. The summed E-state index contributed by atoms with van der Waals surface area (Å²) in [5, 5.41) is 1.89. The highest BCUT2D eigenvalue weighted by atomic mass is 35.5. The number of aromatic nitrogens is 2. The van der Waals surface area contributed by atoms with Gasteiger partial charge in [-0.2, -0.15) is 0 Å². The van der Waals surface area contributed by atoms with E-state index in [0.29, 0.717) is 5.69 Å². The van der Waals surface area contributed by atoms with E-state index in [1.54, 1.807) is 17.8 Å². The van der Waals surface area contributed by atoms with Gasteiger partial charge in [0, 0.05) is 23.3 Å². The molecule has 2 rings (SSSR count). The van der Waals surface area contributed by atoms with E-state index in [2.05, 4.69) is 9.97 Å². The lowest BCUT2D eigenvalue weighted by Gasteiger charge is -1.92. The van der Waals surface area contributed by atoms with Crippen LogP contribution in [0.5, 0.6) is 0 Å². The zero-order chi connectivity index (χ0) is 9.97. The van der Waals surface area contributed by atoms with E-state index in [1.165, 1.54) is 11.3 Å². The van der Waals surface area contributed by atoms with Crippen LogP contribution in [0.1, 0.15) is 10.5 Å². The number of nitrogens with zero attached hydrogens (tertiary/aromatic N) is 2. The Morgan fingerprint density at radius 1 is 1.36 bits per heavy atom. The smallest absolute Gasteiger partial charge is 0.271 e. The summed E-state index contributed by atoms with van der Waals surface area (Å²) in [5.74, 6) is 0. The molecule has 0 saturated carbocycles. The van der Waals surface area contributed by atoms with E-state index in [0.717, 1.165) is 10.6 Å². The van der Waals surface area contributed by atoms with Crippen molar-refractivity contribution in [2.24, 2.45) is 0 Å². The van der Waals surface area contributed by atoms with Crippen LogP contribution in [-0.2, 0) is 0 Å². The maximum absolute atomic E-state index is 10.8. The Kier molecular flexibility index (Phi) is 2.56. The van der Waals surface area contributed by atoms with Crippen molar-refractivity contribution in [3.8, 4) is 10.6 Å². The van der Waals surface area contributed by atoms with Crippen LogP contribution in [0.25, 0.3) is 10.6 Å². The van der Waals surface area contributed by atoms with Gasteiger partial charge in [0.05, 0.1) is 0 Å². The molecular weight excluding hydrogens is 220 g/mol. The lowest BCUT2D eigenvalue weighted by molar-refractivity contribution is 0.107. The van der Waals surface area contributed by atoms with Crippen molar-refractivity contribution in [2.45, 2.75) is 0 Å². The Morgan fingerprint density at radius 3 is 2.64 bits per heavy atom. The number of hydrogen-bond donors (Lipinski definition) is 0. The fourth-order valence-corrected chi connectivity index (χ4v) is 1.96. The number of thiazole rings is 1. The first-order valence-electron chi connectivity index (χ1n) is 3.83. The summed E-state index contributed by atoms with van der Waals surface area (Å²) in [6.07, 6.45) is 3.36. The van der Waals surface area contributed by atoms with Crippen molar-refractivity contribution in [1.29, 1.82) is 0 Å². The summed E-state index contributed by atoms with van der Waals surface area (Å²) in [4.78, 5) is 18.8. The molecule has 0 aliphatic carbocycles. The van der Waals surface area contributed by atoms with E-state index in [-0.39, 0.29) is 0 Å². The molecule has 0 N–H and O–H groups in total. The molecule has 2 aromatic heterocycles. The summed E-state index contributed by atoms with van der Waals surface area (Å²) in [7, 11) is 0. The lowest BCUT2D eigenvalue weighted by atomic mass is 10.3. The Hall–Kier alpha value is -1.26. The van der Waals surface area contributed by atoms with E-state index >= 15 is 0 Å². The Bertz CT molecular complexity index is 455. The first kappa shape index (κ1) is 9.30. The van der Waals surface area contributed by atoms with Gasteiger partial charge in [0.2, 0.25) is 0 Å². The second kappa shape index (κ2) is 3.86. The van der Waals surface area contributed by atoms with Crippen molar-refractivity contribution >= 4 is 28.2 Å². The quantitative estimate of drug-likeness (QED) is 0.737. The first-order valence-corrected chi connectivity index (χ1v) is 5.09. The van der Waals surface area contributed by atoms with Crippen LogP contribution in [0.2, 0.25) is 0 Å². The third-order valence-corrected chi connectivity index (χ3v) is 2.72. The molecule has 0 aliphatic rings. The molecule has 14 heavy (non-hydrogen) atoms. The Balaban J connectivity index is 2.39.